The Morgan fingerprint density at radius 3 is 2.10 bits per heavy atom. The molecule has 21 heavy (non-hydrogen) atoms. The molecule has 0 radical (unpaired) electrons. The normalized spacial score (nSPS) is 10.6. The zero-order valence-corrected chi connectivity index (χ0v) is 12.6. The van der Waals surface area contributed by atoms with E-state index < -0.39 is 0 Å². The molecule has 0 aliphatic rings. The van der Waals surface area contributed by atoms with Crippen molar-refractivity contribution in [3.05, 3.63) is 60.7 Å². The molecule has 3 aromatic carbocycles. The van der Waals surface area contributed by atoms with E-state index in [-0.39, 0.29) is 0 Å². The van der Waals surface area contributed by atoms with E-state index in [4.69, 9.17) is 4.74 Å². The summed E-state index contributed by atoms with van der Waals surface area (Å²) in [6, 6.07) is 21.1. The summed E-state index contributed by atoms with van der Waals surface area (Å²) < 4.78 is 5.25. The van der Waals surface area contributed by atoms with Gasteiger partial charge in [-0.25, -0.2) is 0 Å². The average molecular weight is 277 g/mol. The largest absolute Gasteiger partial charge is 0.497 e. The predicted octanol–water partition coefficient (Wildman–Crippen LogP) is 4.58. The average Bonchev–Trinajstić information content (AvgIpc) is 2.53. The van der Waals surface area contributed by atoms with Gasteiger partial charge in [-0.1, -0.05) is 42.5 Å². The molecule has 0 heterocycles. The van der Waals surface area contributed by atoms with Gasteiger partial charge in [0.15, 0.2) is 0 Å². The lowest BCUT2D eigenvalue weighted by molar-refractivity contribution is 0.415. The molecule has 2 heteroatoms. The second-order valence-corrected chi connectivity index (χ2v) is 5.30. The summed E-state index contributed by atoms with van der Waals surface area (Å²) in [4.78, 5) is 2.16. The van der Waals surface area contributed by atoms with Crippen molar-refractivity contribution in [1.29, 1.82) is 0 Å². The van der Waals surface area contributed by atoms with Crippen molar-refractivity contribution < 1.29 is 4.74 Å². The molecule has 0 saturated heterocycles. The van der Waals surface area contributed by atoms with E-state index in [1.54, 1.807) is 7.11 Å². The summed E-state index contributed by atoms with van der Waals surface area (Å²) in [5.41, 5.74) is 3.69. The van der Waals surface area contributed by atoms with Gasteiger partial charge in [0.1, 0.15) is 5.75 Å². The standard InChI is InChI=1S/C19H19NO/c1-20(2)18-9-5-7-15-6-4-8-17(19(15)18)14-10-12-16(21-3)13-11-14/h4-13H,1-3H3. The van der Waals surface area contributed by atoms with Crippen LogP contribution in [0.25, 0.3) is 21.9 Å². The molecule has 0 aromatic heterocycles. The Bertz CT molecular complexity index is 755. The molecule has 0 atom stereocenters. The number of nitrogens with zero attached hydrogens (tertiary/aromatic N) is 1. The number of anilines is 1. The highest BCUT2D eigenvalue weighted by Gasteiger charge is 2.09. The summed E-state index contributed by atoms with van der Waals surface area (Å²) in [5.74, 6) is 0.881. The minimum Gasteiger partial charge on any atom is -0.497 e. The summed E-state index contributed by atoms with van der Waals surface area (Å²) >= 11 is 0. The third-order valence-electron chi connectivity index (χ3n) is 3.77. The van der Waals surface area contributed by atoms with Gasteiger partial charge in [0, 0.05) is 25.2 Å². The second kappa shape index (κ2) is 5.49. The molecule has 0 aliphatic heterocycles. The van der Waals surface area contributed by atoms with Crippen LogP contribution in [0.1, 0.15) is 0 Å². The molecular weight excluding hydrogens is 258 g/mol. The van der Waals surface area contributed by atoms with Crippen LogP contribution in [0.3, 0.4) is 0 Å². The maximum absolute atomic E-state index is 5.25. The molecule has 0 bridgehead atoms. The molecule has 0 amide bonds. The minimum atomic E-state index is 0.881. The summed E-state index contributed by atoms with van der Waals surface area (Å²) in [6.45, 7) is 0. The minimum absolute atomic E-state index is 0.881. The van der Waals surface area contributed by atoms with Crippen LogP contribution in [0.4, 0.5) is 5.69 Å². The number of ether oxygens (including phenoxy) is 1. The quantitative estimate of drug-likeness (QED) is 0.694. The van der Waals surface area contributed by atoms with Crippen LogP contribution < -0.4 is 9.64 Å². The maximum Gasteiger partial charge on any atom is 0.118 e. The second-order valence-electron chi connectivity index (χ2n) is 5.30. The Morgan fingerprint density at radius 1 is 0.810 bits per heavy atom. The topological polar surface area (TPSA) is 12.5 Å². The highest BCUT2D eigenvalue weighted by molar-refractivity contribution is 6.05. The fourth-order valence-electron chi connectivity index (χ4n) is 2.71. The van der Waals surface area contributed by atoms with Crippen LogP contribution in [0, 0.1) is 0 Å². The van der Waals surface area contributed by atoms with Crippen molar-refractivity contribution in [3.8, 4) is 16.9 Å². The van der Waals surface area contributed by atoms with Crippen molar-refractivity contribution in [2.45, 2.75) is 0 Å². The van der Waals surface area contributed by atoms with E-state index in [9.17, 15) is 0 Å². The predicted molar refractivity (Wildman–Crippen MR) is 90.3 cm³/mol. The number of benzene rings is 3. The van der Waals surface area contributed by atoms with E-state index in [1.165, 1.54) is 27.6 Å². The molecule has 0 unspecified atom stereocenters. The molecule has 2 nitrogen and oxygen atoms in total. The highest BCUT2D eigenvalue weighted by atomic mass is 16.5. The Morgan fingerprint density at radius 2 is 1.48 bits per heavy atom. The highest BCUT2D eigenvalue weighted by Crippen LogP contribution is 2.35. The van der Waals surface area contributed by atoms with Crippen LogP contribution in [-0.4, -0.2) is 21.2 Å². The van der Waals surface area contributed by atoms with Gasteiger partial charge in [0.05, 0.1) is 7.11 Å². The Kier molecular flexibility index (Phi) is 3.53. The van der Waals surface area contributed by atoms with Crippen LogP contribution in [0.2, 0.25) is 0 Å². The van der Waals surface area contributed by atoms with Crippen molar-refractivity contribution in [2.75, 3.05) is 26.1 Å². The van der Waals surface area contributed by atoms with Crippen molar-refractivity contribution in [3.63, 3.8) is 0 Å². The van der Waals surface area contributed by atoms with Gasteiger partial charge in [0.2, 0.25) is 0 Å². The van der Waals surface area contributed by atoms with Crippen molar-refractivity contribution in [2.24, 2.45) is 0 Å². The molecule has 0 saturated carbocycles. The van der Waals surface area contributed by atoms with Gasteiger partial charge < -0.3 is 9.64 Å². The van der Waals surface area contributed by atoms with Crippen molar-refractivity contribution in [1.82, 2.24) is 0 Å². The Labute approximate surface area is 125 Å². The van der Waals surface area contributed by atoms with E-state index in [0.717, 1.165) is 5.75 Å². The zero-order chi connectivity index (χ0) is 14.8. The molecule has 0 N–H and O–H groups in total. The third kappa shape index (κ3) is 2.45. The van der Waals surface area contributed by atoms with Crippen LogP contribution in [0.15, 0.2) is 60.7 Å². The first kappa shape index (κ1) is 13.5. The third-order valence-corrected chi connectivity index (χ3v) is 3.77. The molecular formula is C19H19NO. The van der Waals surface area contributed by atoms with Gasteiger partial charge in [-0.05, 0) is 34.7 Å². The molecule has 3 rings (SSSR count). The Balaban J connectivity index is 2.26. The lowest BCUT2D eigenvalue weighted by atomic mass is 9.96. The monoisotopic (exact) mass is 277 g/mol. The lowest BCUT2D eigenvalue weighted by Crippen LogP contribution is -2.09. The van der Waals surface area contributed by atoms with Crippen LogP contribution in [0.5, 0.6) is 5.75 Å². The first-order valence-corrected chi connectivity index (χ1v) is 7.04. The fourth-order valence-corrected chi connectivity index (χ4v) is 2.71. The smallest absolute Gasteiger partial charge is 0.118 e. The summed E-state index contributed by atoms with van der Waals surface area (Å²) in [5, 5.41) is 2.55. The number of methoxy groups -OCH3 is 1. The van der Waals surface area contributed by atoms with Crippen LogP contribution >= 0.6 is 0 Å². The van der Waals surface area contributed by atoms with E-state index in [0.29, 0.717) is 0 Å². The SMILES string of the molecule is COc1ccc(-c2cccc3cccc(N(C)C)c23)cc1. The van der Waals surface area contributed by atoms with Gasteiger partial charge in [-0.15, -0.1) is 0 Å². The molecule has 3 aromatic rings. The van der Waals surface area contributed by atoms with E-state index in [1.807, 2.05) is 12.1 Å². The number of hydrogen-bond donors (Lipinski definition) is 0. The first-order chi connectivity index (χ1) is 10.2. The Hall–Kier alpha value is -2.48. The first-order valence-electron chi connectivity index (χ1n) is 7.04. The molecule has 0 fully saturated rings. The zero-order valence-electron chi connectivity index (χ0n) is 12.6. The van der Waals surface area contributed by atoms with E-state index in [2.05, 4.69) is 67.5 Å². The molecule has 106 valence electrons. The van der Waals surface area contributed by atoms with E-state index >= 15 is 0 Å². The number of fused-ring (bicyclic) bond motifs is 1. The molecule has 0 aliphatic carbocycles. The van der Waals surface area contributed by atoms with Gasteiger partial charge in [0.25, 0.3) is 0 Å². The molecule has 0 spiro atoms. The van der Waals surface area contributed by atoms with Crippen LogP contribution in [-0.2, 0) is 0 Å². The van der Waals surface area contributed by atoms with Gasteiger partial charge in [-0.3, -0.25) is 0 Å². The number of rotatable bonds is 3. The lowest BCUT2D eigenvalue weighted by Gasteiger charge is -2.18. The fraction of sp³-hybridized carbons (Fsp3) is 0.158. The summed E-state index contributed by atoms with van der Waals surface area (Å²) in [7, 11) is 5.86. The number of hydrogen-bond acceptors (Lipinski definition) is 2. The van der Waals surface area contributed by atoms with Crippen molar-refractivity contribution >= 4 is 16.5 Å². The summed E-state index contributed by atoms with van der Waals surface area (Å²) in [6.07, 6.45) is 0. The van der Waals surface area contributed by atoms with Gasteiger partial charge >= 0.3 is 0 Å². The van der Waals surface area contributed by atoms with Gasteiger partial charge in [-0.2, -0.15) is 0 Å². The maximum atomic E-state index is 5.25.